The highest BCUT2D eigenvalue weighted by atomic mass is 16.2. The van der Waals surface area contributed by atoms with E-state index in [1.54, 1.807) is 33.8 Å². The number of imidazole rings is 1. The zero-order valence-electron chi connectivity index (χ0n) is 18.0. The molecule has 2 amide bonds. The van der Waals surface area contributed by atoms with Gasteiger partial charge in [0, 0.05) is 45.5 Å². The molecule has 0 atom stereocenters. The van der Waals surface area contributed by atoms with E-state index in [4.69, 9.17) is 0 Å². The number of aromatic nitrogens is 3. The van der Waals surface area contributed by atoms with Gasteiger partial charge in [-0.3, -0.25) is 14.4 Å². The normalized spacial score (nSPS) is 15.3. The average Bonchev–Trinajstić information content (AvgIpc) is 3.27. The number of benzene rings is 1. The molecular weight excluding hydrogens is 406 g/mol. The summed E-state index contributed by atoms with van der Waals surface area (Å²) in [7, 11) is 0. The molecular formula is C24H25N5O3. The summed E-state index contributed by atoms with van der Waals surface area (Å²) in [6.45, 7) is 4.47. The van der Waals surface area contributed by atoms with Crippen LogP contribution in [0.25, 0.3) is 0 Å². The minimum absolute atomic E-state index is 0.00590. The van der Waals surface area contributed by atoms with E-state index in [1.165, 1.54) is 0 Å². The highest BCUT2D eigenvalue weighted by Crippen LogP contribution is 2.23. The Labute approximate surface area is 185 Å². The van der Waals surface area contributed by atoms with Gasteiger partial charge in [-0.15, -0.1) is 0 Å². The molecule has 0 N–H and O–H groups in total. The minimum atomic E-state index is -0.270. The van der Waals surface area contributed by atoms with Gasteiger partial charge >= 0.3 is 0 Å². The highest BCUT2D eigenvalue weighted by Gasteiger charge is 2.31. The molecule has 8 heteroatoms. The van der Waals surface area contributed by atoms with Crippen molar-refractivity contribution in [2.75, 3.05) is 13.1 Å². The first-order valence-corrected chi connectivity index (χ1v) is 10.8. The van der Waals surface area contributed by atoms with Gasteiger partial charge in [-0.25, -0.2) is 4.98 Å². The van der Waals surface area contributed by atoms with E-state index in [2.05, 4.69) is 4.98 Å². The van der Waals surface area contributed by atoms with Gasteiger partial charge in [0.1, 0.15) is 5.56 Å². The van der Waals surface area contributed by atoms with Gasteiger partial charge < -0.3 is 18.9 Å². The predicted octanol–water partition coefficient (Wildman–Crippen LogP) is 1.65. The van der Waals surface area contributed by atoms with Crippen molar-refractivity contribution in [1.82, 2.24) is 23.9 Å². The summed E-state index contributed by atoms with van der Waals surface area (Å²) in [6, 6.07) is 9.71. The number of fused-ring (bicyclic) bond motifs is 2. The molecule has 2 aliphatic heterocycles. The molecule has 164 valence electrons. The lowest BCUT2D eigenvalue weighted by molar-refractivity contribution is -0.129. The third-order valence-corrected chi connectivity index (χ3v) is 6.37. The van der Waals surface area contributed by atoms with Gasteiger partial charge in [0.2, 0.25) is 5.91 Å². The van der Waals surface area contributed by atoms with Crippen LogP contribution in [0.15, 0.2) is 53.8 Å². The maximum absolute atomic E-state index is 13.6. The molecule has 0 spiro atoms. The Bertz CT molecular complexity index is 1240. The van der Waals surface area contributed by atoms with Crippen LogP contribution in [-0.2, 0) is 37.4 Å². The second kappa shape index (κ2) is 8.11. The summed E-state index contributed by atoms with van der Waals surface area (Å²) >= 11 is 0. The van der Waals surface area contributed by atoms with E-state index < -0.39 is 0 Å². The van der Waals surface area contributed by atoms with Crippen LogP contribution in [0.4, 0.5) is 0 Å². The van der Waals surface area contributed by atoms with Crippen LogP contribution in [0.1, 0.15) is 39.7 Å². The Morgan fingerprint density at radius 2 is 1.84 bits per heavy atom. The molecule has 0 bridgehead atoms. The third kappa shape index (κ3) is 3.62. The first-order valence-electron chi connectivity index (χ1n) is 10.8. The molecule has 2 aromatic heterocycles. The second-order valence-corrected chi connectivity index (χ2v) is 8.42. The monoisotopic (exact) mass is 431 g/mol. The molecule has 2 aliphatic rings. The number of carbonyl (C=O) groups is 2. The molecule has 0 saturated carbocycles. The SMILES string of the molecule is CC(=O)N1CCc2c(cn(Cc3ccccc3)c(=O)c2C(=O)N2CCn3cncc3C2)C1. The maximum atomic E-state index is 13.6. The van der Waals surface area contributed by atoms with Crippen molar-refractivity contribution in [1.29, 1.82) is 0 Å². The zero-order chi connectivity index (χ0) is 22.2. The van der Waals surface area contributed by atoms with Crippen molar-refractivity contribution in [2.45, 2.75) is 39.5 Å². The molecule has 8 nitrogen and oxygen atoms in total. The lowest BCUT2D eigenvalue weighted by Gasteiger charge is -2.32. The standard InChI is InChI=1S/C24H25N5O3/c1-17(30)26-8-7-21-19(13-26)14-29(12-18-5-3-2-4-6-18)24(32)22(21)23(31)27-9-10-28-16-25-11-20(28)15-27/h2-6,11,14,16H,7-10,12-13,15H2,1H3. The molecule has 0 radical (unpaired) electrons. The number of pyridine rings is 1. The van der Waals surface area contributed by atoms with Crippen molar-refractivity contribution in [2.24, 2.45) is 0 Å². The average molecular weight is 431 g/mol. The lowest BCUT2D eigenvalue weighted by Crippen LogP contribution is -2.44. The number of amides is 2. The molecule has 3 aromatic rings. The topological polar surface area (TPSA) is 80.4 Å². The van der Waals surface area contributed by atoms with E-state index >= 15 is 0 Å². The molecule has 0 aliphatic carbocycles. The number of rotatable bonds is 3. The first-order chi connectivity index (χ1) is 15.5. The summed E-state index contributed by atoms with van der Waals surface area (Å²) in [4.78, 5) is 46.8. The van der Waals surface area contributed by atoms with E-state index in [1.807, 2.05) is 41.1 Å². The fourth-order valence-electron chi connectivity index (χ4n) is 4.61. The summed E-state index contributed by atoms with van der Waals surface area (Å²) in [5.41, 5.74) is 3.56. The Balaban J connectivity index is 1.56. The van der Waals surface area contributed by atoms with Gasteiger partial charge in [-0.05, 0) is 23.1 Å². The van der Waals surface area contributed by atoms with Crippen molar-refractivity contribution >= 4 is 11.8 Å². The quantitative estimate of drug-likeness (QED) is 0.632. The van der Waals surface area contributed by atoms with E-state index in [9.17, 15) is 14.4 Å². The summed E-state index contributed by atoms with van der Waals surface area (Å²) < 4.78 is 3.64. The number of carbonyl (C=O) groups excluding carboxylic acids is 2. The molecule has 32 heavy (non-hydrogen) atoms. The van der Waals surface area contributed by atoms with Gasteiger partial charge in [0.15, 0.2) is 0 Å². The highest BCUT2D eigenvalue weighted by molar-refractivity contribution is 5.96. The van der Waals surface area contributed by atoms with Crippen LogP contribution in [-0.4, -0.2) is 48.8 Å². The van der Waals surface area contributed by atoms with Crippen molar-refractivity contribution in [3.05, 3.63) is 87.4 Å². The maximum Gasteiger partial charge on any atom is 0.264 e. The van der Waals surface area contributed by atoms with Gasteiger partial charge in [0.25, 0.3) is 11.5 Å². The second-order valence-electron chi connectivity index (χ2n) is 8.42. The first kappa shape index (κ1) is 20.2. The van der Waals surface area contributed by atoms with Crippen LogP contribution >= 0.6 is 0 Å². The van der Waals surface area contributed by atoms with Gasteiger partial charge in [-0.1, -0.05) is 30.3 Å². The van der Waals surface area contributed by atoms with Gasteiger partial charge in [-0.2, -0.15) is 0 Å². The largest absolute Gasteiger partial charge is 0.338 e. The Hall–Kier alpha value is -3.68. The van der Waals surface area contributed by atoms with E-state index in [-0.39, 0.29) is 22.9 Å². The van der Waals surface area contributed by atoms with Crippen LogP contribution in [0, 0.1) is 0 Å². The zero-order valence-corrected chi connectivity index (χ0v) is 18.0. The number of hydrogen-bond donors (Lipinski definition) is 0. The molecule has 5 rings (SSSR count). The van der Waals surface area contributed by atoms with E-state index in [0.717, 1.165) is 22.4 Å². The minimum Gasteiger partial charge on any atom is -0.338 e. The van der Waals surface area contributed by atoms with E-state index in [0.29, 0.717) is 45.7 Å². The lowest BCUT2D eigenvalue weighted by atomic mass is 9.95. The predicted molar refractivity (Wildman–Crippen MR) is 118 cm³/mol. The Morgan fingerprint density at radius 3 is 2.62 bits per heavy atom. The molecule has 0 fully saturated rings. The summed E-state index contributed by atoms with van der Waals surface area (Å²) in [5, 5.41) is 0. The smallest absolute Gasteiger partial charge is 0.264 e. The summed E-state index contributed by atoms with van der Waals surface area (Å²) in [6.07, 6.45) is 5.86. The Morgan fingerprint density at radius 1 is 1.03 bits per heavy atom. The number of hydrogen-bond acceptors (Lipinski definition) is 4. The van der Waals surface area contributed by atoms with Crippen LogP contribution in [0.2, 0.25) is 0 Å². The van der Waals surface area contributed by atoms with Crippen LogP contribution in [0.3, 0.4) is 0 Å². The molecule has 4 heterocycles. The van der Waals surface area contributed by atoms with Crippen LogP contribution in [0.5, 0.6) is 0 Å². The molecule has 0 unspecified atom stereocenters. The summed E-state index contributed by atoms with van der Waals surface area (Å²) in [5.74, 6) is -0.244. The van der Waals surface area contributed by atoms with Crippen molar-refractivity contribution in [3.63, 3.8) is 0 Å². The fraction of sp³-hybridized carbons (Fsp3) is 0.333. The van der Waals surface area contributed by atoms with Gasteiger partial charge in [0.05, 0.1) is 25.1 Å². The van der Waals surface area contributed by atoms with Crippen molar-refractivity contribution in [3.8, 4) is 0 Å². The fourth-order valence-corrected chi connectivity index (χ4v) is 4.61. The molecule has 1 aromatic carbocycles. The van der Waals surface area contributed by atoms with Crippen molar-refractivity contribution < 1.29 is 9.59 Å². The Kier molecular flexibility index (Phi) is 5.13. The molecule has 0 saturated heterocycles. The number of nitrogens with zero attached hydrogens (tertiary/aromatic N) is 5. The third-order valence-electron chi connectivity index (χ3n) is 6.37. The van der Waals surface area contributed by atoms with Crippen LogP contribution < -0.4 is 5.56 Å².